The highest BCUT2D eigenvalue weighted by Crippen LogP contribution is 2.19. The van der Waals surface area contributed by atoms with Crippen LogP contribution in [-0.2, 0) is 0 Å². The lowest BCUT2D eigenvalue weighted by Crippen LogP contribution is -2.17. The van der Waals surface area contributed by atoms with Crippen LogP contribution >= 0.6 is 0 Å². The van der Waals surface area contributed by atoms with Gasteiger partial charge in [-0.1, -0.05) is 19.1 Å². The van der Waals surface area contributed by atoms with Crippen molar-refractivity contribution in [2.45, 2.75) is 32.7 Å². The number of nitrogens with one attached hydrogen (secondary N) is 1. The Morgan fingerprint density at radius 3 is 3.00 bits per heavy atom. The number of ether oxygens (including phenoxy) is 1. The minimum atomic E-state index is 0.336. The van der Waals surface area contributed by atoms with E-state index in [9.17, 15) is 0 Å². The van der Waals surface area contributed by atoms with Crippen molar-refractivity contribution >= 4 is 0 Å². The molecule has 3 nitrogen and oxygen atoms in total. The number of nitriles is 1. The van der Waals surface area contributed by atoms with Crippen molar-refractivity contribution in [1.82, 2.24) is 5.32 Å². The van der Waals surface area contributed by atoms with Gasteiger partial charge in [0.15, 0.2) is 0 Å². The Labute approximate surface area is 103 Å². The standard InChI is InChI=1S/C14H20N2O/c1-3-16-12(2)13-7-6-8-14(11-13)17-10-5-4-9-15/h6-8,11-12,16H,3-5,10H2,1-2H3. The van der Waals surface area contributed by atoms with Gasteiger partial charge in [-0.3, -0.25) is 0 Å². The average molecular weight is 232 g/mol. The lowest BCUT2D eigenvalue weighted by atomic mass is 10.1. The molecule has 1 atom stereocenters. The van der Waals surface area contributed by atoms with Gasteiger partial charge < -0.3 is 10.1 Å². The fraction of sp³-hybridized carbons (Fsp3) is 0.500. The Bertz CT molecular complexity index is 371. The molecule has 1 aromatic carbocycles. The van der Waals surface area contributed by atoms with Crippen LogP contribution in [-0.4, -0.2) is 13.2 Å². The van der Waals surface area contributed by atoms with Crippen molar-refractivity contribution in [3.8, 4) is 11.8 Å². The first-order chi connectivity index (χ1) is 8.27. The maximum Gasteiger partial charge on any atom is 0.119 e. The van der Waals surface area contributed by atoms with Gasteiger partial charge in [0, 0.05) is 12.5 Å². The molecular formula is C14H20N2O. The minimum Gasteiger partial charge on any atom is -0.494 e. The predicted molar refractivity (Wildman–Crippen MR) is 68.9 cm³/mol. The van der Waals surface area contributed by atoms with E-state index in [0.717, 1.165) is 18.7 Å². The lowest BCUT2D eigenvalue weighted by molar-refractivity contribution is 0.312. The zero-order chi connectivity index (χ0) is 12.5. The molecular weight excluding hydrogens is 212 g/mol. The van der Waals surface area contributed by atoms with Crippen LogP contribution in [0.15, 0.2) is 24.3 Å². The molecule has 0 saturated carbocycles. The van der Waals surface area contributed by atoms with E-state index in [1.807, 2.05) is 12.1 Å². The molecule has 0 bridgehead atoms. The van der Waals surface area contributed by atoms with E-state index in [4.69, 9.17) is 10.00 Å². The van der Waals surface area contributed by atoms with E-state index in [-0.39, 0.29) is 0 Å². The summed E-state index contributed by atoms with van der Waals surface area (Å²) in [6.45, 7) is 5.79. The molecule has 92 valence electrons. The van der Waals surface area contributed by atoms with Gasteiger partial charge in [0.2, 0.25) is 0 Å². The summed E-state index contributed by atoms with van der Waals surface area (Å²) >= 11 is 0. The fourth-order valence-electron chi connectivity index (χ4n) is 1.64. The van der Waals surface area contributed by atoms with E-state index < -0.39 is 0 Å². The van der Waals surface area contributed by atoms with Crippen molar-refractivity contribution in [3.05, 3.63) is 29.8 Å². The first-order valence-corrected chi connectivity index (χ1v) is 6.11. The molecule has 0 aliphatic heterocycles. The molecule has 0 aromatic heterocycles. The van der Waals surface area contributed by atoms with Gasteiger partial charge in [0.1, 0.15) is 5.75 Å². The molecule has 17 heavy (non-hydrogen) atoms. The summed E-state index contributed by atoms with van der Waals surface area (Å²) in [5, 5.41) is 11.8. The number of hydrogen-bond donors (Lipinski definition) is 1. The van der Waals surface area contributed by atoms with Crippen molar-refractivity contribution in [3.63, 3.8) is 0 Å². The summed E-state index contributed by atoms with van der Waals surface area (Å²) in [4.78, 5) is 0. The van der Waals surface area contributed by atoms with Gasteiger partial charge in [-0.05, 0) is 37.6 Å². The van der Waals surface area contributed by atoms with Crippen LogP contribution in [0.5, 0.6) is 5.75 Å². The van der Waals surface area contributed by atoms with Crippen molar-refractivity contribution in [1.29, 1.82) is 5.26 Å². The molecule has 0 aliphatic carbocycles. The number of hydrogen-bond acceptors (Lipinski definition) is 3. The van der Waals surface area contributed by atoms with E-state index in [0.29, 0.717) is 19.1 Å². The van der Waals surface area contributed by atoms with Crippen LogP contribution in [0.1, 0.15) is 38.3 Å². The first-order valence-electron chi connectivity index (χ1n) is 6.11. The molecule has 3 heteroatoms. The molecule has 0 spiro atoms. The van der Waals surface area contributed by atoms with Gasteiger partial charge in [-0.25, -0.2) is 0 Å². The third-order valence-electron chi connectivity index (χ3n) is 2.57. The molecule has 1 aromatic rings. The van der Waals surface area contributed by atoms with Gasteiger partial charge in [0.25, 0.3) is 0 Å². The second-order valence-electron chi connectivity index (χ2n) is 3.96. The van der Waals surface area contributed by atoms with Crippen LogP contribution in [0.25, 0.3) is 0 Å². The minimum absolute atomic E-state index is 0.336. The Morgan fingerprint density at radius 2 is 2.29 bits per heavy atom. The van der Waals surface area contributed by atoms with Crippen molar-refractivity contribution < 1.29 is 4.74 Å². The highest BCUT2D eigenvalue weighted by molar-refractivity contribution is 5.30. The second kappa shape index (κ2) is 7.70. The maximum atomic E-state index is 8.43. The molecule has 0 radical (unpaired) electrons. The van der Waals surface area contributed by atoms with Crippen LogP contribution in [0.4, 0.5) is 0 Å². The molecule has 0 saturated heterocycles. The third-order valence-corrected chi connectivity index (χ3v) is 2.57. The maximum absolute atomic E-state index is 8.43. The summed E-state index contributed by atoms with van der Waals surface area (Å²) in [7, 11) is 0. The van der Waals surface area contributed by atoms with E-state index in [1.165, 1.54) is 5.56 Å². The van der Waals surface area contributed by atoms with E-state index in [1.54, 1.807) is 0 Å². The van der Waals surface area contributed by atoms with E-state index >= 15 is 0 Å². The highest BCUT2D eigenvalue weighted by Gasteiger charge is 2.04. The second-order valence-corrected chi connectivity index (χ2v) is 3.96. The Hall–Kier alpha value is -1.53. The van der Waals surface area contributed by atoms with Gasteiger partial charge >= 0.3 is 0 Å². The normalized spacial score (nSPS) is 11.8. The molecule has 1 unspecified atom stereocenters. The zero-order valence-electron chi connectivity index (χ0n) is 10.6. The summed E-state index contributed by atoms with van der Waals surface area (Å²) in [6.07, 6.45) is 1.33. The number of rotatable bonds is 7. The smallest absolute Gasteiger partial charge is 0.119 e. The molecule has 1 N–H and O–H groups in total. The Morgan fingerprint density at radius 1 is 1.47 bits per heavy atom. The first kappa shape index (κ1) is 13.5. The zero-order valence-corrected chi connectivity index (χ0v) is 10.6. The number of unbranched alkanes of at least 4 members (excludes halogenated alkanes) is 1. The van der Waals surface area contributed by atoms with Crippen molar-refractivity contribution in [2.24, 2.45) is 0 Å². The van der Waals surface area contributed by atoms with E-state index in [2.05, 4.69) is 37.4 Å². The summed E-state index contributed by atoms with van der Waals surface area (Å²) in [6, 6.07) is 10.5. The van der Waals surface area contributed by atoms with Gasteiger partial charge in [-0.15, -0.1) is 0 Å². The molecule has 0 aliphatic rings. The quantitative estimate of drug-likeness (QED) is 0.735. The van der Waals surface area contributed by atoms with Crippen molar-refractivity contribution in [2.75, 3.05) is 13.2 Å². The van der Waals surface area contributed by atoms with Gasteiger partial charge in [-0.2, -0.15) is 5.26 Å². The summed E-state index contributed by atoms with van der Waals surface area (Å²) in [5.74, 6) is 0.880. The Kier molecular flexibility index (Phi) is 6.13. The van der Waals surface area contributed by atoms with Crippen LogP contribution < -0.4 is 10.1 Å². The lowest BCUT2D eigenvalue weighted by Gasteiger charge is -2.14. The molecule has 1 rings (SSSR count). The number of benzene rings is 1. The molecule has 0 heterocycles. The summed E-state index contributed by atoms with van der Waals surface area (Å²) < 4.78 is 5.60. The fourth-order valence-corrected chi connectivity index (χ4v) is 1.64. The predicted octanol–water partition coefficient (Wildman–Crippen LogP) is 3.04. The van der Waals surface area contributed by atoms with Gasteiger partial charge in [0.05, 0.1) is 12.7 Å². The molecule has 0 amide bonds. The largest absolute Gasteiger partial charge is 0.494 e. The third kappa shape index (κ3) is 4.88. The average Bonchev–Trinajstić information content (AvgIpc) is 2.35. The SMILES string of the molecule is CCNC(C)c1cccc(OCCCC#N)c1. The monoisotopic (exact) mass is 232 g/mol. The topological polar surface area (TPSA) is 45.0 Å². The molecule has 0 fully saturated rings. The number of nitrogens with zero attached hydrogens (tertiary/aromatic N) is 1. The van der Waals surface area contributed by atoms with Crippen LogP contribution in [0, 0.1) is 11.3 Å². The van der Waals surface area contributed by atoms with Crippen LogP contribution in [0.3, 0.4) is 0 Å². The summed E-state index contributed by atoms with van der Waals surface area (Å²) in [5.41, 5.74) is 1.23. The highest BCUT2D eigenvalue weighted by atomic mass is 16.5. The van der Waals surface area contributed by atoms with Crippen LogP contribution in [0.2, 0.25) is 0 Å². The Balaban J connectivity index is 2.51.